The van der Waals surface area contributed by atoms with Crippen LogP contribution in [0.2, 0.25) is 0 Å². The number of nitrogens with zero attached hydrogens (tertiary/aromatic N) is 4. The number of carbonyl (C=O) groups excluding carboxylic acids is 1. The molecule has 0 aliphatic rings. The summed E-state index contributed by atoms with van der Waals surface area (Å²) in [5, 5.41) is 11.4. The van der Waals surface area contributed by atoms with Gasteiger partial charge in [0.1, 0.15) is 0 Å². The topological polar surface area (TPSA) is 64.7 Å². The number of amides is 1. The van der Waals surface area contributed by atoms with Crippen LogP contribution < -0.4 is 5.32 Å². The van der Waals surface area contributed by atoms with Gasteiger partial charge in [-0.1, -0.05) is 0 Å². The van der Waals surface area contributed by atoms with Crippen molar-refractivity contribution in [3.8, 4) is 0 Å². The van der Waals surface area contributed by atoms with Gasteiger partial charge in [-0.25, -0.2) is 0 Å². The van der Waals surface area contributed by atoms with Gasteiger partial charge in [0.2, 0.25) is 0 Å². The number of aryl methyl sites for hydroxylation is 3. The first-order valence-electron chi connectivity index (χ1n) is 6.01. The molecule has 19 heavy (non-hydrogen) atoms. The minimum Gasteiger partial charge on any atom is -0.346 e. The van der Waals surface area contributed by atoms with E-state index in [0.717, 1.165) is 21.4 Å². The molecule has 7 heteroatoms. The molecule has 102 valence electrons. The van der Waals surface area contributed by atoms with Gasteiger partial charge in [0.15, 0.2) is 5.69 Å². The largest absolute Gasteiger partial charge is 0.346 e. The normalized spacial score (nSPS) is 10.7. The zero-order chi connectivity index (χ0) is 14.0. The van der Waals surface area contributed by atoms with Gasteiger partial charge in [-0.3, -0.25) is 14.2 Å². The van der Waals surface area contributed by atoms with E-state index in [9.17, 15) is 4.79 Å². The molecule has 0 aliphatic carbocycles. The average molecular weight is 373 g/mol. The van der Waals surface area contributed by atoms with Crippen LogP contribution >= 0.6 is 22.6 Å². The molecular formula is C12H16IN5O. The van der Waals surface area contributed by atoms with E-state index in [-0.39, 0.29) is 5.91 Å². The summed E-state index contributed by atoms with van der Waals surface area (Å²) in [7, 11) is 1.80. The summed E-state index contributed by atoms with van der Waals surface area (Å²) in [6.45, 7) is 5.27. The molecule has 0 spiro atoms. The van der Waals surface area contributed by atoms with Crippen molar-refractivity contribution in [3.63, 3.8) is 0 Å². The molecule has 2 aromatic rings. The van der Waals surface area contributed by atoms with Crippen LogP contribution in [-0.4, -0.2) is 25.5 Å². The summed E-state index contributed by atoms with van der Waals surface area (Å²) >= 11 is 2.11. The highest BCUT2D eigenvalue weighted by molar-refractivity contribution is 14.1. The van der Waals surface area contributed by atoms with E-state index in [1.807, 2.05) is 30.9 Å². The summed E-state index contributed by atoms with van der Waals surface area (Å²) in [6.07, 6.45) is 3.77. The van der Waals surface area contributed by atoms with Crippen LogP contribution in [0.4, 0.5) is 0 Å². The lowest BCUT2D eigenvalue weighted by Gasteiger charge is -2.02. The number of rotatable bonds is 4. The quantitative estimate of drug-likeness (QED) is 0.826. The second kappa shape index (κ2) is 5.72. The SMILES string of the molecule is CCn1cc(CNC(=O)c2nn(C)cc2I)c(C)n1. The minimum absolute atomic E-state index is 0.159. The van der Waals surface area contributed by atoms with Crippen molar-refractivity contribution in [1.82, 2.24) is 24.9 Å². The Bertz CT molecular complexity index is 601. The first kappa shape index (κ1) is 14.0. The van der Waals surface area contributed by atoms with Gasteiger partial charge in [0.05, 0.1) is 9.26 Å². The number of hydrogen-bond acceptors (Lipinski definition) is 3. The maximum Gasteiger partial charge on any atom is 0.273 e. The van der Waals surface area contributed by atoms with Crippen molar-refractivity contribution in [1.29, 1.82) is 0 Å². The Morgan fingerprint density at radius 1 is 1.42 bits per heavy atom. The Hall–Kier alpha value is -1.38. The number of nitrogens with one attached hydrogen (secondary N) is 1. The highest BCUT2D eigenvalue weighted by Gasteiger charge is 2.14. The van der Waals surface area contributed by atoms with Gasteiger partial charge in [-0.15, -0.1) is 0 Å². The summed E-state index contributed by atoms with van der Waals surface area (Å²) in [4.78, 5) is 12.0. The van der Waals surface area contributed by atoms with E-state index < -0.39 is 0 Å². The average Bonchev–Trinajstić information content (AvgIpc) is 2.89. The number of halogens is 1. The van der Waals surface area contributed by atoms with Crippen molar-refractivity contribution >= 4 is 28.5 Å². The summed E-state index contributed by atoms with van der Waals surface area (Å²) < 4.78 is 4.34. The lowest BCUT2D eigenvalue weighted by atomic mass is 10.2. The van der Waals surface area contributed by atoms with E-state index >= 15 is 0 Å². The standard InChI is InChI=1S/C12H16IN5O/c1-4-18-6-9(8(2)15-18)5-14-12(19)11-10(13)7-17(3)16-11/h6-7H,4-5H2,1-3H3,(H,14,19). The van der Waals surface area contributed by atoms with Gasteiger partial charge in [0.25, 0.3) is 5.91 Å². The van der Waals surface area contributed by atoms with Crippen LogP contribution in [0, 0.1) is 10.5 Å². The van der Waals surface area contributed by atoms with E-state index in [2.05, 4.69) is 38.1 Å². The molecule has 1 amide bonds. The molecule has 0 aliphatic heterocycles. The van der Waals surface area contributed by atoms with Gasteiger partial charge in [0, 0.05) is 38.1 Å². The summed E-state index contributed by atoms with van der Waals surface area (Å²) in [5.74, 6) is -0.159. The molecule has 0 atom stereocenters. The Kier molecular flexibility index (Phi) is 4.23. The predicted octanol–water partition coefficient (Wildman–Crippen LogP) is 1.48. The van der Waals surface area contributed by atoms with Crippen LogP contribution in [-0.2, 0) is 20.1 Å². The Morgan fingerprint density at radius 2 is 2.16 bits per heavy atom. The predicted molar refractivity (Wildman–Crippen MR) is 79.7 cm³/mol. The Labute approximate surface area is 125 Å². The molecule has 6 nitrogen and oxygen atoms in total. The fourth-order valence-electron chi connectivity index (χ4n) is 1.77. The maximum atomic E-state index is 12.0. The van der Waals surface area contributed by atoms with Crippen molar-refractivity contribution in [2.24, 2.45) is 7.05 Å². The molecule has 0 unspecified atom stereocenters. The third-order valence-corrected chi connectivity index (χ3v) is 3.60. The molecule has 2 heterocycles. The van der Waals surface area contributed by atoms with Gasteiger partial charge >= 0.3 is 0 Å². The van der Waals surface area contributed by atoms with E-state index in [0.29, 0.717) is 12.2 Å². The van der Waals surface area contributed by atoms with Crippen LogP contribution in [0.1, 0.15) is 28.7 Å². The summed E-state index contributed by atoms with van der Waals surface area (Å²) in [5.41, 5.74) is 2.43. The van der Waals surface area contributed by atoms with Crippen LogP contribution in [0.5, 0.6) is 0 Å². The maximum absolute atomic E-state index is 12.0. The molecule has 0 saturated heterocycles. The molecule has 0 fully saturated rings. The molecule has 0 bridgehead atoms. The van der Waals surface area contributed by atoms with E-state index in [4.69, 9.17) is 0 Å². The lowest BCUT2D eigenvalue weighted by Crippen LogP contribution is -2.24. The molecule has 0 aromatic carbocycles. The number of aromatic nitrogens is 4. The van der Waals surface area contributed by atoms with Crippen molar-refractivity contribution in [2.75, 3.05) is 0 Å². The zero-order valence-electron chi connectivity index (χ0n) is 11.1. The smallest absolute Gasteiger partial charge is 0.273 e. The summed E-state index contributed by atoms with van der Waals surface area (Å²) in [6, 6.07) is 0. The number of hydrogen-bond donors (Lipinski definition) is 1. The van der Waals surface area contributed by atoms with Crippen LogP contribution in [0.3, 0.4) is 0 Å². The first-order valence-corrected chi connectivity index (χ1v) is 7.09. The Balaban J connectivity index is 2.04. The highest BCUT2D eigenvalue weighted by Crippen LogP contribution is 2.10. The molecule has 2 aromatic heterocycles. The monoisotopic (exact) mass is 373 g/mol. The van der Waals surface area contributed by atoms with E-state index in [1.54, 1.807) is 11.7 Å². The van der Waals surface area contributed by atoms with Gasteiger partial charge in [-0.2, -0.15) is 10.2 Å². The molecule has 0 radical (unpaired) electrons. The second-order valence-electron chi connectivity index (χ2n) is 4.28. The highest BCUT2D eigenvalue weighted by atomic mass is 127. The van der Waals surface area contributed by atoms with Gasteiger partial charge < -0.3 is 5.32 Å². The van der Waals surface area contributed by atoms with Gasteiger partial charge in [-0.05, 0) is 36.4 Å². The second-order valence-corrected chi connectivity index (χ2v) is 5.44. The lowest BCUT2D eigenvalue weighted by molar-refractivity contribution is 0.0944. The third-order valence-electron chi connectivity index (χ3n) is 2.81. The third kappa shape index (κ3) is 3.14. The van der Waals surface area contributed by atoms with Crippen LogP contribution in [0.25, 0.3) is 0 Å². The molecule has 0 saturated carbocycles. The first-order chi connectivity index (χ1) is 9.01. The Morgan fingerprint density at radius 3 is 2.68 bits per heavy atom. The molecule has 2 rings (SSSR count). The fraction of sp³-hybridized carbons (Fsp3) is 0.417. The molecular weight excluding hydrogens is 357 g/mol. The molecule has 1 N–H and O–H groups in total. The zero-order valence-corrected chi connectivity index (χ0v) is 13.3. The minimum atomic E-state index is -0.159. The number of carbonyl (C=O) groups is 1. The van der Waals surface area contributed by atoms with Crippen molar-refractivity contribution in [2.45, 2.75) is 26.9 Å². The fourth-order valence-corrected chi connectivity index (χ4v) is 2.52. The van der Waals surface area contributed by atoms with E-state index in [1.165, 1.54) is 0 Å². The van der Waals surface area contributed by atoms with Crippen LogP contribution in [0.15, 0.2) is 12.4 Å². The van der Waals surface area contributed by atoms with Crippen molar-refractivity contribution in [3.05, 3.63) is 32.9 Å². The van der Waals surface area contributed by atoms with Crippen molar-refractivity contribution < 1.29 is 4.79 Å².